The highest BCUT2D eigenvalue weighted by atomic mass is 35.5. The predicted octanol–water partition coefficient (Wildman–Crippen LogP) is 6.09. The number of halogens is 3. The molecule has 0 saturated carbocycles. The summed E-state index contributed by atoms with van der Waals surface area (Å²) >= 11 is 12.6. The normalized spacial score (nSPS) is 18.3. The van der Waals surface area contributed by atoms with E-state index in [1.165, 1.54) is 12.1 Å². The van der Waals surface area contributed by atoms with E-state index in [1.807, 2.05) is 24.3 Å². The third-order valence-electron chi connectivity index (χ3n) is 7.02. The summed E-state index contributed by atoms with van der Waals surface area (Å²) in [6.07, 6.45) is 2.83. The second kappa shape index (κ2) is 8.26. The van der Waals surface area contributed by atoms with Crippen LogP contribution < -0.4 is 14.8 Å². The summed E-state index contributed by atoms with van der Waals surface area (Å²) in [5, 5.41) is 4.48. The van der Waals surface area contributed by atoms with Crippen LogP contribution in [-0.4, -0.2) is 18.9 Å². The molecule has 0 radical (unpaired) electrons. The van der Waals surface area contributed by atoms with Gasteiger partial charge in [0.05, 0.1) is 5.56 Å². The van der Waals surface area contributed by atoms with Crippen molar-refractivity contribution in [2.75, 3.05) is 13.1 Å². The lowest BCUT2D eigenvalue weighted by Crippen LogP contribution is -2.38. The molecule has 1 spiro atoms. The van der Waals surface area contributed by atoms with Crippen molar-refractivity contribution in [2.45, 2.75) is 31.5 Å². The number of rotatable bonds is 2. The zero-order valence-corrected chi connectivity index (χ0v) is 19.8. The van der Waals surface area contributed by atoms with Crippen molar-refractivity contribution in [2.24, 2.45) is 5.92 Å². The molecule has 2 heterocycles. The van der Waals surface area contributed by atoms with Gasteiger partial charge in [-0.05, 0) is 92.4 Å². The Morgan fingerprint density at radius 2 is 1.44 bits per heavy atom. The first kappa shape index (κ1) is 21.9. The van der Waals surface area contributed by atoms with E-state index in [1.54, 1.807) is 12.1 Å². The van der Waals surface area contributed by atoms with Crippen LogP contribution in [0.5, 0.6) is 11.5 Å². The van der Waals surface area contributed by atoms with Crippen LogP contribution in [0.2, 0.25) is 10.0 Å². The largest absolute Gasteiger partial charge is 0.440 e. The van der Waals surface area contributed by atoms with Gasteiger partial charge < -0.3 is 14.8 Å². The molecule has 1 fully saturated rings. The molecule has 0 unspecified atom stereocenters. The van der Waals surface area contributed by atoms with Gasteiger partial charge in [-0.15, -0.1) is 0 Å². The maximum absolute atomic E-state index is 15.2. The number of benzene rings is 3. The Bertz CT molecular complexity index is 1270. The van der Waals surface area contributed by atoms with Crippen LogP contribution in [0.25, 0.3) is 0 Å². The highest BCUT2D eigenvalue weighted by molar-refractivity contribution is 6.31. The minimum Gasteiger partial charge on any atom is -0.440 e. The number of aryl methyl sites for hydroxylation is 2. The zero-order valence-electron chi connectivity index (χ0n) is 18.3. The number of carbonyl (C=O) groups excluding carboxylic acids is 1. The van der Waals surface area contributed by atoms with Crippen molar-refractivity contribution >= 4 is 29.0 Å². The molecule has 3 aromatic carbocycles. The average molecular weight is 498 g/mol. The van der Waals surface area contributed by atoms with Crippen molar-refractivity contribution in [3.63, 3.8) is 0 Å². The summed E-state index contributed by atoms with van der Waals surface area (Å²) < 4.78 is 28.2. The lowest BCUT2D eigenvalue weighted by molar-refractivity contribution is -0.0464. The number of hydrogen-bond donors (Lipinski definition) is 1. The Hall–Kier alpha value is -2.60. The number of ether oxygens (including phenoxy) is 2. The quantitative estimate of drug-likeness (QED) is 0.435. The maximum atomic E-state index is 15.2. The monoisotopic (exact) mass is 497 g/mol. The number of Topliss-reactive ketones (excluding diaryl/α,β-unsaturated/α-hetero) is 1. The summed E-state index contributed by atoms with van der Waals surface area (Å²) in [6.45, 7) is 1.51. The molecule has 1 N–H and O–H groups in total. The molecule has 34 heavy (non-hydrogen) atoms. The summed E-state index contributed by atoms with van der Waals surface area (Å²) in [5.74, 6) is -1.68. The fraction of sp³-hybridized carbons (Fsp3) is 0.296. The van der Waals surface area contributed by atoms with Gasteiger partial charge in [-0.2, -0.15) is 0 Å². The third kappa shape index (κ3) is 3.49. The van der Waals surface area contributed by atoms with Gasteiger partial charge in [-0.25, -0.2) is 4.39 Å². The molecule has 0 aromatic heterocycles. The van der Waals surface area contributed by atoms with Gasteiger partial charge in [0.15, 0.2) is 17.3 Å². The molecule has 6 rings (SSSR count). The standard InChI is InChI=1S/C27H22Cl2FNO3/c28-18-3-5-21-16(11-18)1-2-17-12-19(29)4-6-22(17)27(21)33-24-13-20(23(30)14-25(24)34-27)26(32)15-7-9-31-10-8-15/h3-6,11-15,31H,1-2,7-10H2. The first-order valence-corrected chi connectivity index (χ1v) is 12.2. The summed E-state index contributed by atoms with van der Waals surface area (Å²) in [5.41, 5.74) is 3.63. The molecule has 7 heteroatoms. The van der Waals surface area contributed by atoms with Crippen molar-refractivity contribution in [1.82, 2.24) is 5.32 Å². The van der Waals surface area contributed by atoms with Crippen molar-refractivity contribution < 1.29 is 18.7 Å². The minimum atomic E-state index is -1.32. The van der Waals surface area contributed by atoms with Crippen molar-refractivity contribution in [1.29, 1.82) is 0 Å². The molecular formula is C27H22Cl2FNO3. The van der Waals surface area contributed by atoms with E-state index in [2.05, 4.69) is 5.32 Å². The average Bonchev–Trinajstić information content (AvgIpc) is 3.15. The number of piperidine rings is 1. The summed E-state index contributed by atoms with van der Waals surface area (Å²) in [4.78, 5) is 13.1. The van der Waals surface area contributed by atoms with Gasteiger partial charge in [0.2, 0.25) is 0 Å². The molecule has 0 amide bonds. The topological polar surface area (TPSA) is 47.6 Å². The van der Waals surface area contributed by atoms with Gasteiger partial charge in [-0.1, -0.05) is 23.2 Å². The maximum Gasteiger partial charge on any atom is 0.306 e. The van der Waals surface area contributed by atoms with E-state index in [9.17, 15) is 4.79 Å². The molecular weight excluding hydrogens is 476 g/mol. The van der Waals surface area contributed by atoms with Crippen LogP contribution in [0.1, 0.15) is 45.5 Å². The molecule has 0 bridgehead atoms. The van der Waals surface area contributed by atoms with Gasteiger partial charge in [-0.3, -0.25) is 4.79 Å². The first-order valence-electron chi connectivity index (χ1n) is 11.5. The Balaban J connectivity index is 1.48. The van der Waals surface area contributed by atoms with E-state index in [0.29, 0.717) is 28.6 Å². The van der Waals surface area contributed by atoms with Gasteiger partial charge in [0.25, 0.3) is 0 Å². The smallest absolute Gasteiger partial charge is 0.306 e. The van der Waals surface area contributed by atoms with Crippen LogP contribution in [0, 0.1) is 11.7 Å². The molecule has 3 aromatic rings. The number of carbonyl (C=O) groups is 1. The summed E-state index contributed by atoms with van der Waals surface area (Å²) in [7, 11) is 0. The van der Waals surface area contributed by atoms with E-state index < -0.39 is 11.6 Å². The van der Waals surface area contributed by atoms with Gasteiger partial charge in [0.1, 0.15) is 5.82 Å². The molecule has 0 atom stereocenters. The van der Waals surface area contributed by atoms with Crippen LogP contribution >= 0.6 is 23.2 Å². The van der Waals surface area contributed by atoms with Gasteiger partial charge >= 0.3 is 5.79 Å². The minimum absolute atomic E-state index is 0.0487. The van der Waals surface area contributed by atoms with E-state index in [-0.39, 0.29) is 23.0 Å². The predicted molar refractivity (Wildman–Crippen MR) is 129 cm³/mol. The Morgan fingerprint density at radius 1 is 0.882 bits per heavy atom. The molecule has 174 valence electrons. The number of ketones is 1. The van der Waals surface area contributed by atoms with Crippen LogP contribution in [0.4, 0.5) is 4.39 Å². The second-order valence-electron chi connectivity index (χ2n) is 9.09. The molecule has 4 nitrogen and oxygen atoms in total. The fourth-order valence-corrected chi connectivity index (χ4v) is 5.72. The lowest BCUT2D eigenvalue weighted by atomic mass is 9.89. The number of hydrogen-bond acceptors (Lipinski definition) is 4. The van der Waals surface area contributed by atoms with E-state index in [0.717, 1.165) is 48.2 Å². The molecule has 2 aliphatic heterocycles. The Labute approximate surface area is 207 Å². The second-order valence-corrected chi connectivity index (χ2v) is 9.96. The highest BCUT2D eigenvalue weighted by Crippen LogP contribution is 2.51. The lowest BCUT2D eigenvalue weighted by Gasteiger charge is -2.30. The zero-order chi connectivity index (χ0) is 23.4. The van der Waals surface area contributed by atoms with Crippen molar-refractivity contribution in [3.05, 3.63) is 92.2 Å². The number of nitrogens with one attached hydrogen (secondary N) is 1. The Kier molecular flexibility index (Phi) is 5.32. The fourth-order valence-electron chi connectivity index (χ4n) is 5.33. The highest BCUT2D eigenvalue weighted by Gasteiger charge is 2.49. The third-order valence-corrected chi connectivity index (χ3v) is 7.49. The van der Waals surface area contributed by atoms with Gasteiger partial charge in [0, 0.05) is 33.2 Å². The van der Waals surface area contributed by atoms with E-state index >= 15 is 4.39 Å². The molecule has 1 aliphatic carbocycles. The van der Waals surface area contributed by atoms with Crippen LogP contribution in [0.3, 0.4) is 0 Å². The number of fused-ring (bicyclic) bond motifs is 5. The SMILES string of the molecule is O=C(c1cc2c(cc1F)OC1(O2)c2ccc(Cl)cc2CCc2cc(Cl)ccc21)C1CCNCC1. The summed E-state index contributed by atoms with van der Waals surface area (Å²) in [6, 6.07) is 14.0. The van der Waals surface area contributed by atoms with Crippen molar-refractivity contribution in [3.8, 4) is 11.5 Å². The van der Waals surface area contributed by atoms with Crippen LogP contribution in [-0.2, 0) is 18.6 Å². The van der Waals surface area contributed by atoms with E-state index in [4.69, 9.17) is 32.7 Å². The molecule has 1 saturated heterocycles. The Morgan fingerprint density at radius 3 is 2.03 bits per heavy atom. The van der Waals surface area contributed by atoms with Crippen LogP contribution in [0.15, 0.2) is 48.5 Å². The first-order chi connectivity index (χ1) is 16.4. The molecule has 3 aliphatic rings.